The van der Waals surface area contributed by atoms with Crippen LogP contribution in [0.4, 0.5) is 0 Å². The molecule has 0 bridgehead atoms. The van der Waals surface area contributed by atoms with Crippen LogP contribution >= 0.6 is 15.9 Å². The summed E-state index contributed by atoms with van der Waals surface area (Å²) in [5, 5.41) is 5.09. The van der Waals surface area contributed by atoms with E-state index in [-0.39, 0.29) is 0 Å². The summed E-state index contributed by atoms with van der Waals surface area (Å²) in [6, 6.07) is 19.2. The number of hydrogen-bond donors (Lipinski definition) is 1. The molecule has 4 aromatic rings. The molecule has 0 saturated heterocycles. The van der Waals surface area contributed by atoms with Crippen molar-refractivity contribution in [2.24, 2.45) is 0 Å². The lowest BCUT2D eigenvalue weighted by Gasteiger charge is -1.98. The van der Waals surface area contributed by atoms with Gasteiger partial charge in [0, 0.05) is 26.3 Å². The van der Waals surface area contributed by atoms with Crippen molar-refractivity contribution in [2.75, 3.05) is 0 Å². The molecule has 86 valence electrons. The zero-order valence-electron chi connectivity index (χ0n) is 9.57. The first-order chi connectivity index (χ1) is 8.83. The van der Waals surface area contributed by atoms with Crippen LogP contribution < -0.4 is 0 Å². The predicted molar refractivity (Wildman–Crippen MR) is 81.0 cm³/mol. The van der Waals surface area contributed by atoms with Crippen molar-refractivity contribution in [3.63, 3.8) is 0 Å². The number of H-pyrrole nitrogens is 1. The topological polar surface area (TPSA) is 15.8 Å². The molecule has 2 heteroatoms. The highest BCUT2D eigenvalue weighted by Crippen LogP contribution is 2.33. The minimum absolute atomic E-state index is 1.14. The van der Waals surface area contributed by atoms with E-state index in [1.165, 1.54) is 32.6 Å². The second-order valence-corrected chi connectivity index (χ2v) is 5.39. The third-order valence-corrected chi connectivity index (χ3v) is 4.10. The number of hydrogen-bond acceptors (Lipinski definition) is 0. The smallest absolute Gasteiger partial charge is 0.0476 e. The Balaban J connectivity index is 2.29. The van der Waals surface area contributed by atoms with E-state index >= 15 is 0 Å². The van der Waals surface area contributed by atoms with Crippen LogP contribution in [0.5, 0.6) is 0 Å². The molecule has 4 rings (SSSR count). The van der Waals surface area contributed by atoms with E-state index in [0.29, 0.717) is 0 Å². The Morgan fingerprint density at radius 1 is 0.778 bits per heavy atom. The number of fused-ring (bicyclic) bond motifs is 4. The summed E-state index contributed by atoms with van der Waals surface area (Å²) in [5.74, 6) is 0. The Hall–Kier alpha value is -1.80. The summed E-state index contributed by atoms with van der Waals surface area (Å²) < 4.78 is 1.14. The quantitative estimate of drug-likeness (QED) is 0.457. The zero-order chi connectivity index (χ0) is 12.1. The Labute approximate surface area is 113 Å². The molecule has 0 spiro atoms. The van der Waals surface area contributed by atoms with E-state index in [4.69, 9.17) is 0 Å². The van der Waals surface area contributed by atoms with Crippen LogP contribution in [-0.4, -0.2) is 4.98 Å². The first kappa shape index (κ1) is 10.2. The minimum Gasteiger partial charge on any atom is -0.354 e. The summed E-state index contributed by atoms with van der Waals surface area (Å²) in [5.41, 5.74) is 2.37. The van der Waals surface area contributed by atoms with Crippen LogP contribution in [0, 0.1) is 0 Å². The van der Waals surface area contributed by atoms with Crippen molar-refractivity contribution >= 4 is 48.5 Å². The normalized spacial score (nSPS) is 11.6. The van der Waals surface area contributed by atoms with Crippen LogP contribution in [0.2, 0.25) is 0 Å². The van der Waals surface area contributed by atoms with Crippen molar-refractivity contribution in [3.05, 3.63) is 59.1 Å². The van der Waals surface area contributed by atoms with E-state index in [2.05, 4.69) is 75.5 Å². The Kier molecular flexibility index (Phi) is 2.03. The van der Waals surface area contributed by atoms with E-state index in [0.717, 1.165) is 4.47 Å². The SMILES string of the molecule is Brc1cccc2[nH]c3cc4ccccc4cc3c12. The van der Waals surface area contributed by atoms with E-state index < -0.39 is 0 Å². The first-order valence-corrected chi connectivity index (χ1v) is 6.71. The van der Waals surface area contributed by atoms with Gasteiger partial charge in [0.25, 0.3) is 0 Å². The first-order valence-electron chi connectivity index (χ1n) is 5.92. The largest absolute Gasteiger partial charge is 0.354 e. The number of rotatable bonds is 0. The van der Waals surface area contributed by atoms with Gasteiger partial charge in [-0.1, -0.05) is 46.3 Å². The van der Waals surface area contributed by atoms with Gasteiger partial charge in [-0.2, -0.15) is 0 Å². The number of nitrogens with one attached hydrogen (secondary N) is 1. The molecule has 18 heavy (non-hydrogen) atoms. The molecule has 0 aliphatic carbocycles. The highest BCUT2D eigenvalue weighted by molar-refractivity contribution is 9.10. The molecule has 0 atom stereocenters. The fourth-order valence-corrected chi connectivity index (χ4v) is 3.18. The van der Waals surface area contributed by atoms with Gasteiger partial charge in [0.05, 0.1) is 0 Å². The summed E-state index contributed by atoms with van der Waals surface area (Å²) in [6.07, 6.45) is 0. The van der Waals surface area contributed by atoms with Gasteiger partial charge in [-0.05, 0) is 35.0 Å². The number of benzene rings is 3. The molecule has 0 saturated carbocycles. The highest BCUT2D eigenvalue weighted by Gasteiger charge is 2.07. The predicted octanol–water partition coefficient (Wildman–Crippen LogP) is 5.24. The summed E-state index contributed by atoms with van der Waals surface area (Å²) >= 11 is 3.64. The monoisotopic (exact) mass is 295 g/mol. The molecule has 1 N–H and O–H groups in total. The van der Waals surface area contributed by atoms with Crippen molar-refractivity contribution < 1.29 is 0 Å². The van der Waals surface area contributed by atoms with Gasteiger partial charge in [0.15, 0.2) is 0 Å². The molecule has 0 aliphatic heterocycles. The third-order valence-electron chi connectivity index (χ3n) is 3.44. The average molecular weight is 296 g/mol. The molecule has 0 aliphatic rings. The zero-order valence-corrected chi connectivity index (χ0v) is 11.2. The average Bonchev–Trinajstić information content (AvgIpc) is 2.74. The van der Waals surface area contributed by atoms with Crippen LogP contribution in [0.25, 0.3) is 32.6 Å². The molecular weight excluding hydrogens is 286 g/mol. The van der Waals surface area contributed by atoms with Crippen LogP contribution in [0.15, 0.2) is 59.1 Å². The lowest BCUT2D eigenvalue weighted by Crippen LogP contribution is -1.73. The van der Waals surface area contributed by atoms with Crippen LogP contribution in [-0.2, 0) is 0 Å². The summed E-state index contributed by atoms with van der Waals surface area (Å²) in [4.78, 5) is 3.48. The fraction of sp³-hybridized carbons (Fsp3) is 0. The molecule has 1 nitrogen and oxygen atoms in total. The number of halogens is 1. The molecule has 0 fully saturated rings. The molecule has 1 heterocycles. The van der Waals surface area contributed by atoms with Crippen molar-refractivity contribution in [1.82, 2.24) is 4.98 Å². The van der Waals surface area contributed by atoms with Crippen LogP contribution in [0.1, 0.15) is 0 Å². The second kappa shape index (κ2) is 3.59. The standard InChI is InChI=1S/C16H10BrN/c17-13-6-3-7-14-16(13)12-8-10-4-1-2-5-11(10)9-15(12)18-14/h1-9,18H. The lowest BCUT2D eigenvalue weighted by atomic mass is 10.1. The van der Waals surface area contributed by atoms with Crippen LogP contribution in [0.3, 0.4) is 0 Å². The van der Waals surface area contributed by atoms with Crippen molar-refractivity contribution in [2.45, 2.75) is 0 Å². The van der Waals surface area contributed by atoms with E-state index in [1.54, 1.807) is 0 Å². The van der Waals surface area contributed by atoms with Gasteiger partial charge in [0.2, 0.25) is 0 Å². The van der Waals surface area contributed by atoms with Crippen molar-refractivity contribution in [3.8, 4) is 0 Å². The summed E-state index contributed by atoms with van der Waals surface area (Å²) in [6.45, 7) is 0. The lowest BCUT2D eigenvalue weighted by molar-refractivity contribution is 1.55. The van der Waals surface area contributed by atoms with Gasteiger partial charge in [-0.15, -0.1) is 0 Å². The maximum absolute atomic E-state index is 3.64. The molecule has 0 radical (unpaired) electrons. The maximum atomic E-state index is 3.64. The molecule has 1 aromatic heterocycles. The van der Waals surface area contributed by atoms with Gasteiger partial charge in [-0.25, -0.2) is 0 Å². The molecule has 0 amide bonds. The minimum atomic E-state index is 1.14. The van der Waals surface area contributed by atoms with Gasteiger partial charge < -0.3 is 4.98 Å². The number of aromatic nitrogens is 1. The number of aromatic amines is 1. The highest BCUT2D eigenvalue weighted by atomic mass is 79.9. The second-order valence-electron chi connectivity index (χ2n) is 4.53. The van der Waals surface area contributed by atoms with Crippen molar-refractivity contribution in [1.29, 1.82) is 0 Å². The maximum Gasteiger partial charge on any atom is 0.0476 e. The molecular formula is C16H10BrN. The fourth-order valence-electron chi connectivity index (χ4n) is 2.60. The Morgan fingerprint density at radius 2 is 1.56 bits per heavy atom. The van der Waals surface area contributed by atoms with Gasteiger partial charge in [0.1, 0.15) is 0 Å². The molecule has 0 unspecified atom stereocenters. The third kappa shape index (κ3) is 1.33. The Morgan fingerprint density at radius 3 is 2.39 bits per heavy atom. The summed E-state index contributed by atoms with van der Waals surface area (Å²) in [7, 11) is 0. The van der Waals surface area contributed by atoms with E-state index in [1.807, 2.05) is 0 Å². The van der Waals surface area contributed by atoms with Gasteiger partial charge in [-0.3, -0.25) is 0 Å². The van der Waals surface area contributed by atoms with Gasteiger partial charge >= 0.3 is 0 Å². The Bertz CT molecular complexity index is 889. The molecule has 3 aromatic carbocycles. The van der Waals surface area contributed by atoms with E-state index in [9.17, 15) is 0 Å².